The summed E-state index contributed by atoms with van der Waals surface area (Å²) in [6, 6.07) is 1.87. The SMILES string of the molecule is CC1CCC(CO)(Nc2ccncc2N)CC1. The number of nitrogens with one attached hydrogen (secondary N) is 1. The summed E-state index contributed by atoms with van der Waals surface area (Å²) in [6.45, 7) is 2.42. The molecule has 1 saturated carbocycles. The molecule has 1 fully saturated rings. The summed E-state index contributed by atoms with van der Waals surface area (Å²) in [5.74, 6) is 0.756. The average molecular weight is 235 g/mol. The van der Waals surface area contributed by atoms with Crippen molar-refractivity contribution in [2.24, 2.45) is 5.92 Å². The van der Waals surface area contributed by atoms with Gasteiger partial charge in [0.2, 0.25) is 0 Å². The Labute approximate surface area is 102 Å². The summed E-state index contributed by atoms with van der Waals surface area (Å²) in [4.78, 5) is 3.97. The number of rotatable bonds is 3. The van der Waals surface area contributed by atoms with E-state index in [1.54, 1.807) is 12.4 Å². The Morgan fingerprint density at radius 1 is 1.53 bits per heavy atom. The van der Waals surface area contributed by atoms with Gasteiger partial charge in [0.25, 0.3) is 0 Å². The lowest BCUT2D eigenvalue weighted by Gasteiger charge is -2.39. The van der Waals surface area contributed by atoms with E-state index in [-0.39, 0.29) is 12.1 Å². The molecule has 0 unspecified atom stereocenters. The van der Waals surface area contributed by atoms with Crippen molar-refractivity contribution in [3.8, 4) is 0 Å². The van der Waals surface area contributed by atoms with Gasteiger partial charge in [0.1, 0.15) is 0 Å². The Hall–Kier alpha value is -1.29. The lowest BCUT2D eigenvalue weighted by Crippen LogP contribution is -2.45. The van der Waals surface area contributed by atoms with Gasteiger partial charge in [0, 0.05) is 6.20 Å². The molecule has 0 amide bonds. The first kappa shape index (κ1) is 12.2. The number of aliphatic hydroxyl groups excluding tert-OH is 1. The second-order valence-electron chi connectivity index (χ2n) is 5.21. The van der Waals surface area contributed by atoms with Crippen molar-refractivity contribution >= 4 is 11.4 Å². The quantitative estimate of drug-likeness (QED) is 0.749. The number of nitrogen functional groups attached to an aromatic ring is 1. The number of aromatic nitrogens is 1. The Kier molecular flexibility index (Phi) is 3.52. The largest absolute Gasteiger partial charge is 0.396 e. The molecule has 0 saturated heterocycles. The smallest absolute Gasteiger partial charge is 0.0736 e. The monoisotopic (exact) mass is 235 g/mol. The fourth-order valence-electron chi connectivity index (χ4n) is 2.44. The molecule has 1 aromatic heterocycles. The zero-order chi connectivity index (χ0) is 12.3. The van der Waals surface area contributed by atoms with Crippen LogP contribution in [0, 0.1) is 5.92 Å². The predicted octanol–water partition coefficient (Wildman–Crippen LogP) is 2.02. The minimum atomic E-state index is -0.206. The number of nitrogens with two attached hydrogens (primary N) is 1. The number of anilines is 2. The second-order valence-corrected chi connectivity index (χ2v) is 5.21. The van der Waals surface area contributed by atoms with Crippen LogP contribution in [0.2, 0.25) is 0 Å². The first-order valence-corrected chi connectivity index (χ1v) is 6.24. The third-order valence-electron chi connectivity index (χ3n) is 3.79. The minimum absolute atomic E-state index is 0.154. The van der Waals surface area contributed by atoms with E-state index < -0.39 is 0 Å². The van der Waals surface area contributed by atoms with E-state index in [0.29, 0.717) is 5.69 Å². The van der Waals surface area contributed by atoms with Crippen LogP contribution in [0.5, 0.6) is 0 Å². The summed E-state index contributed by atoms with van der Waals surface area (Å²) in [6.07, 6.45) is 7.64. The van der Waals surface area contributed by atoms with Crippen LogP contribution in [0.4, 0.5) is 11.4 Å². The molecule has 0 spiro atoms. The number of hydrogen-bond donors (Lipinski definition) is 3. The van der Waals surface area contributed by atoms with Crippen molar-refractivity contribution in [1.82, 2.24) is 4.98 Å². The summed E-state index contributed by atoms with van der Waals surface area (Å²) < 4.78 is 0. The molecular weight excluding hydrogens is 214 g/mol. The Morgan fingerprint density at radius 2 is 2.24 bits per heavy atom. The molecule has 0 bridgehead atoms. The lowest BCUT2D eigenvalue weighted by atomic mass is 9.77. The zero-order valence-corrected chi connectivity index (χ0v) is 10.3. The van der Waals surface area contributed by atoms with Crippen molar-refractivity contribution in [2.45, 2.75) is 38.1 Å². The first-order valence-electron chi connectivity index (χ1n) is 6.24. The van der Waals surface area contributed by atoms with E-state index in [9.17, 15) is 5.11 Å². The van der Waals surface area contributed by atoms with Crippen LogP contribution in [-0.4, -0.2) is 22.2 Å². The van der Waals surface area contributed by atoms with Crippen molar-refractivity contribution in [1.29, 1.82) is 0 Å². The van der Waals surface area contributed by atoms with Gasteiger partial charge < -0.3 is 16.2 Å². The molecule has 1 aliphatic carbocycles. The van der Waals surface area contributed by atoms with Gasteiger partial charge in [-0.25, -0.2) is 0 Å². The van der Waals surface area contributed by atoms with E-state index in [4.69, 9.17) is 5.73 Å². The molecule has 0 atom stereocenters. The normalized spacial score (nSPS) is 28.9. The van der Waals surface area contributed by atoms with Crippen molar-refractivity contribution < 1.29 is 5.11 Å². The fourth-order valence-corrected chi connectivity index (χ4v) is 2.44. The third kappa shape index (κ3) is 2.69. The highest BCUT2D eigenvalue weighted by Gasteiger charge is 2.33. The van der Waals surface area contributed by atoms with Crippen molar-refractivity contribution in [3.05, 3.63) is 18.5 Å². The third-order valence-corrected chi connectivity index (χ3v) is 3.79. The molecule has 94 valence electrons. The number of nitrogens with zero attached hydrogens (tertiary/aromatic N) is 1. The van der Waals surface area contributed by atoms with Gasteiger partial charge >= 0.3 is 0 Å². The maximum atomic E-state index is 9.66. The zero-order valence-electron chi connectivity index (χ0n) is 10.3. The summed E-state index contributed by atoms with van der Waals surface area (Å²) >= 11 is 0. The standard InChI is InChI=1S/C13H21N3O/c1-10-2-5-13(9-17,6-3-10)16-12-4-7-15-8-11(12)14/h4,7-8,10,17H,2-3,5-6,9,14H2,1H3,(H,15,16). The minimum Gasteiger partial charge on any atom is -0.396 e. The predicted molar refractivity (Wildman–Crippen MR) is 69.7 cm³/mol. The van der Waals surface area contributed by atoms with Gasteiger partial charge in [-0.05, 0) is 37.7 Å². The molecule has 1 heterocycles. The molecule has 1 aliphatic rings. The van der Waals surface area contributed by atoms with Crippen LogP contribution in [0.3, 0.4) is 0 Å². The van der Waals surface area contributed by atoms with Gasteiger partial charge in [-0.15, -0.1) is 0 Å². The van der Waals surface area contributed by atoms with E-state index in [0.717, 1.165) is 37.3 Å². The molecule has 4 heteroatoms. The Morgan fingerprint density at radius 3 is 2.82 bits per heavy atom. The maximum Gasteiger partial charge on any atom is 0.0736 e. The van der Waals surface area contributed by atoms with Gasteiger partial charge in [-0.3, -0.25) is 4.98 Å². The second kappa shape index (κ2) is 4.92. The van der Waals surface area contributed by atoms with Crippen LogP contribution in [-0.2, 0) is 0 Å². The molecule has 0 radical (unpaired) electrons. The van der Waals surface area contributed by atoms with Crippen molar-refractivity contribution in [3.63, 3.8) is 0 Å². The van der Waals surface area contributed by atoms with Crippen molar-refractivity contribution in [2.75, 3.05) is 17.7 Å². The van der Waals surface area contributed by atoms with Crippen LogP contribution >= 0.6 is 0 Å². The molecule has 17 heavy (non-hydrogen) atoms. The van der Waals surface area contributed by atoms with E-state index in [1.807, 2.05) is 6.07 Å². The Balaban J connectivity index is 2.12. The number of aliphatic hydroxyl groups is 1. The van der Waals surface area contributed by atoms with Crippen LogP contribution < -0.4 is 11.1 Å². The average Bonchev–Trinajstić information content (AvgIpc) is 2.35. The number of pyridine rings is 1. The highest BCUT2D eigenvalue weighted by Crippen LogP contribution is 2.35. The molecule has 1 aromatic rings. The van der Waals surface area contributed by atoms with E-state index in [1.165, 1.54) is 0 Å². The lowest BCUT2D eigenvalue weighted by molar-refractivity contribution is 0.155. The van der Waals surface area contributed by atoms with Crippen LogP contribution in [0.15, 0.2) is 18.5 Å². The topological polar surface area (TPSA) is 71.2 Å². The molecule has 4 nitrogen and oxygen atoms in total. The van der Waals surface area contributed by atoms with Gasteiger partial charge in [-0.1, -0.05) is 6.92 Å². The summed E-state index contributed by atoms with van der Waals surface area (Å²) in [7, 11) is 0. The van der Waals surface area contributed by atoms with Gasteiger partial charge in [0.15, 0.2) is 0 Å². The van der Waals surface area contributed by atoms with Crippen LogP contribution in [0.1, 0.15) is 32.6 Å². The Bertz CT molecular complexity index is 373. The van der Waals surface area contributed by atoms with Crippen LogP contribution in [0.25, 0.3) is 0 Å². The highest BCUT2D eigenvalue weighted by molar-refractivity contribution is 5.65. The molecule has 0 aliphatic heterocycles. The fraction of sp³-hybridized carbons (Fsp3) is 0.615. The molecule has 2 rings (SSSR count). The first-order chi connectivity index (χ1) is 8.15. The summed E-state index contributed by atoms with van der Waals surface area (Å²) in [5.41, 5.74) is 7.18. The molecule has 0 aromatic carbocycles. The van der Waals surface area contributed by atoms with Gasteiger partial charge in [0.05, 0.1) is 29.7 Å². The maximum absolute atomic E-state index is 9.66. The summed E-state index contributed by atoms with van der Waals surface area (Å²) in [5, 5.41) is 13.1. The van der Waals surface area contributed by atoms with Gasteiger partial charge in [-0.2, -0.15) is 0 Å². The number of hydrogen-bond acceptors (Lipinski definition) is 4. The van der Waals surface area contributed by atoms with E-state index in [2.05, 4.69) is 17.2 Å². The molecule has 4 N–H and O–H groups in total. The van der Waals surface area contributed by atoms with E-state index >= 15 is 0 Å². The highest BCUT2D eigenvalue weighted by atomic mass is 16.3. The molecular formula is C13H21N3O.